The zero-order chi connectivity index (χ0) is 18.1. The van der Waals surface area contributed by atoms with Gasteiger partial charge in [0.1, 0.15) is 11.6 Å². The summed E-state index contributed by atoms with van der Waals surface area (Å²) in [5.41, 5.74) is 5.80. The van der Waals surface area contributed by atoms with Crippen molar-refractivity contribution in [1.82, 2.24) is 29.7 Å². The third kappa shape index (κ3) is 3.80. The molecular weight excluding hydrogens is 368 g/mol. The topological polar surface area (TPSA) is 98.6 Å². The van der Waals surface area contributed by atoms with Gasteiger partial charge in [0.2, 0.25) is 11.9 Å². The number of nitrogens with zero attached hydrogens (tertiary/aromatic N) is 7. The predicted octanol–water partition coefficient (Wildman–Crippen LogP) is 2.39. The van der Waals surface area contributed by atoms with Crippen molar-refractivity contribution in [2.75, 3.05) is 24.7 Å². The summed E-state index contributed by atoms with van der Waals surface area (Å²) >= 11 is 3.35. The van der Waals surface area contributed by atoms with Gasteiger partial charge in [0.25, 0.3) is 0 Å². The van der Waals surface area contributed by atoms with Gasteiger partial charge in [-0.25, -0.2) is 0 Å². The highest BCUT2D eigenvalue weighted by Crippen LogP contribution is 2.39. The van der Waals surface area contributed by atoms with Gasteiger partial charge in [0, 0.05) is 31.4 Å². The monoisotopic (exact) mass is 388 g/mol. The third-order valence-corrected chi connectivity index (χ3v) is 5.79. The zero-order valence-electron chi connectivity index (χ0n) is 14.7. The van der Waals surface area contributed by atoms with Crippen LogP contribution in [0.4, 0.5) is 11.9 Å². The average Bonchev–Trinajstić information content (AvgIpc) is 3.16. The van der Waals surface area contributed by atoms with Crippen LogP contribution in [0, 0.1) is 0 Å². The Morgan fingerprint density at radius 2 is 2.12 bits per heavy atom. The van der Waals surface area contributed by atoms with Gasteiger partial charge in [-0.2, -0.15) is 15.0 Å². The number of anilines is 2. The lowest BCUT2D eigenvalue weighted by atomic mass is 10.3. The van der Waals surface area contributed by atoms with Crippen LogP contribution in [-0.4, -0.2) is 43.8 Å². The molecule has 0 radical (unpaired) electrons. The van der Waals surface area contributed by atoms with Gasteiger partial charge < -0.3 is 15.2 Å². The molecule has 0 atom stereocenters. The van der Waals surface area contributed by atoms with Crippen molar-refractivity contribution >= 4 is 35.0 Å². The highest BCUT2D eigenvalue weighted by molar-refractivity contribution is 7.98. The molecule has 0 bridgehead atoms. The van der Waals surface area contributed by atoms with Crippen LogP contribution in [0.25, 0.3) is 0 Å². The molecule has 136 valence electrons. The second kappa shape index (κ2) is 7.20. The minimum atomic E-state index is 0.237. The smallest absolute Gasteiger partial charge is 0.229 e. The molecule has 4 rings (SSSR count). The van der Waals surface area contributed by atoms with Crippen molar-refractivity contribution in [2.45, 2.75) is 36.2 Å². The molecule has 0 aromatic carbocycles. The Morgan fingerprint density at radius 1 is 1.27 bits per heavy atom. The first-order chi connectivity index (χ1) is 12.6. The molecule has 0 aliphatic heterocycles. The Labute approximate surface area is 159 Å². The van der Waals surface area contributed by atoms with Crippen molar-refractivity contribution in [3.05, 3.63) is 34.0 Å². The Morgan fingerprint density at radius 3 is 2.81 bits per heavy atom. The molecule has 3 aromatic heterocycles. The lowest BCUT2D eigenvalue weighted by molar-refractivity contribution is 0.634. The first-order valence-electron chi connectivity index (χ1n) is 8.37. The maximum Gasteiger partial charge on any atom is 0.229 e. The van der Waals surface area contributed by atoms with Crippen molar-refractivity contribution in [3.63, 3.8) is 0 Å². The van der Waals surface area contributed by atoms with Crippen molar-refractivity contribution in [3.8, 4) is 0 Å². The molecule has 0 spiro atoms. The van der Waals surface area contributed by atoms with Gasteiger partial charge in [0.05, 0.1) is 5.75 Å². The molecule has 1 aliphatic carbocycles. The summed E-state index contributed by atoms with van der Waals surface area (Å²) in [4.78, 5) is 15.9. The van der Waals surface area contributed by atoms with Crippen LogP contribution in [0.3, 0.4) is 0 Å². The van der Waals surface area contributed by atoms with E-state index in [1.165, 1.54) is 17.7 Å². The van der Waals surface area contributed by atoms with E-state index in [9.17, 15) is 0 Å². The number of nitrogens with two attached hydrogens (primary N) is 1. The van der Waals surface area contributed by atoms with Crippen LogP contribution in [0.15, 0.2) is 22.7 Å². The van der Waals surface area contributed by atoms with Gasteiger partial charge in [0.15, 0.2) is 5.16 Å². The Hall–Kier alpha value is -2.20. The van der Waals surface area contributed by atoms with E-state index in [2.05, 4.69) is 47.2 Å². The number of aromatic nitrogens is 6. The molecule has 1 aliphatic rings. The lowest BCUT2D eigenvalue weighted by Crippen LogP contribution is -2.16. The highest BCUT2D eigenvalue weighted by atomic mass is 32.2. The second-order valence-corrected chi connectivity index (χ2v) is 8.32. The van der Waals surface area contributed by atoms with E-state index in [0.29, 0.717) is 23.6 Å². The predicted molar refractivity (Wildman–Crippen MR) is 104 cm³/mol. The zero-order valence-corrected chi connectivity index (χ0v) is 16.3. The molecule has 26 heavy (non-hydrogen) atoms. The van der Waals surface area contributed by atoms with Crippen LogP contribution in [-0.2, 0) is 12.2 Å². The molecular formula is C16H20N8S2. The normalized spacial score (nSPS) is 13.9. The van der Waals surface area contributed by atoms with Crippen molar-refractivity contribution in [1.29, 1.82) is 0 Å². The van der Waals surface area contributed by atoms with E-state index in [-0.39, 0.29) is 5.95 Å². The quantitative estimate of drug-likeness (QED) is 0.616. The largest absolute Gasteiger partial charge is 0.368 e. The number of rotatable bonds is 7. The lowest BCUT2D eigenvalue weighted by Gasteiger charge is -2.11. The van der Waals surface area contributed by atoms with E-state index in [0.717, 1.165) is 17.4 Å². The third-order valence-electron chi connectivity index (χ3n) is 3.98. The van der Waals surface area contributed by atoms with Crippen LogP contribution >= 0.6 is 23.1 Å². The summed E-state index contributed by atoms with van der Waals surface area (Å²) in [5, 5.41) is 11.9. The fourth-order valence-electron chi connectivity index (χ4n) is 2.61. The minimum absolute atomic E-state index is 0.237. The molecule has 2 N–H and O–H groups in total. The van der Waals surface area contributed by atoms with E-state index in [1.54, 1.807) is 23.1 Å². The number of hydrogen-bond acceptors (Lipinski definition) is 9. The average molecular weight is 389 g/mol. The maximum absolute atomic E-state index is 5.80. The van der Waals surface area contributed by atoms with Crippen LogP contribution in [0.2, 0.25) is 0 Å². The molecule has 10 heteroatoms. The Kier molecular flexibility index (Phi) is 4.77. The van der Waals surface area contributed by atoms with E-state index in [4.69, 9.17) is 5.73 Å². The van der Waals surface area contributed by atoms with Gasteiger partial charge in [-0.3, -0.25) is 0 Å². The Balaban J connectivity index is 1.53. The first-order valence-corrected chi connectivity index (χ1v) is 10.2. The van der Waals surface area contributed by atoms with Crippen molar-refractivity contribution < 1.29 is 0 Å². The van der Waals surface area contributed by atoms with E-state index >= 15 is 0 Å². The van der Waals surface area contributed by atoms with Gasteiger partial charge in [-0.15, -0.1) is 21.5 Å². The summed E-state index contributed by atoms with van der Waals surface area (Å²) in [6.07, 6.45) is 3.20. The summed E-state index contributed by atoms with van der Waals surface area (Å²) in [6.45, 7) is 0. The molecule has 0 unspecified atom stereocenters. The molecule has 0 amide bonds. The molecule has 0 saturated heterocycles. The summed E-state index contributed by atoms with van der Waals surface area (Å²) in [7, 11) is 3.76. The summed E-state index contributed by atoms with van der Waals surface area (Å²) in [5.74, 6) is 3.06. The molecule has 3 heterocycles. The fraction of sp³-hybridized carbons (Fsp3) is 0.438. The second-order valence-electron chi connectivity index (χ2n) is 6.35. The molecule has 1 fully saturated rings. The van der Waals surface area contributed by atoms with Crippen LogP contribution < -0.4 is 10.6 Å². The first kappa shape index (κ1) is 17.2. The van der Waals surface area contributed by atoms with Gasteiger partial charge in [-0.05, 0) is 24.3 Å². The number of hydrogen-bond donors (Lipinski definition) is 1. The number of thiophene rings is 1. The van der Waals surface area contributed by atoms with E-state index in [1.807, 2.05) is 19.0 Å². The maximum atomic E-state index is 5.80. The minimum Gasteiger partial charge on any atom is -0.368 e. The van der Waals surface area contributed by atoms with Gasteiger partial charge in [-0.1, -0.05) is 17.8 Å². The number of nitrogen functional groups attached to an aromatic ring is 1. The fourth-order valence-corrected chi connectivity index (χ4v) is 4.19. The summed E-state index contributed by atoms with van der Waals surface area (Å²) in [6, 6.07) is 4.73. The van der Waals surface area contributed by atoms with Crippen molar-refractivity contribution in [2.24, 2.45) is 0 Å². The highest BCUT2D eigenvalue weighted by Gasteiger charge is 2.29. The summed E-state index contributed by atoms with van der Waals surface area (Å²) < 4.78 is 2.28. The van der Waals surface area contributed by atoms with Gasteiger partial charge >= 0.3 is 0 Å². The van der Waals surface area contributed by atoms with Crippen LogP contribution in [0.1, 0.15) is 35.4 Å². The Bertz CT molecular complexity index is 886. The standard InChI is InChI=1S/C16H20N8S2/c1-23(2)15-19-12(18-14(17)20-15)9-26-16-22-21-13(24(16)10-5-6-10)8-11-4-3-7-25-11/h3-4,7,10H,5-6,8-9H2,1-2H3,(H2,17,18,19,20). The number of thioether (sulfide) groups is 1. The SMILES string of the molecule is CN(C)c1nc(N)nc(CSc2nnc(Cc3cccs3)n2C2CC2)n1. The molecule has 8 nitrogen and oxygen atoms in total. The van der Waals surface area contributed by atoms with Crippen LogP contribution in [0.5, 0.6) is 0 Å². The molecule has 1 saturated carbocycles. The van der Waals surface area contributed by atoms with E-state index < -0.39 is 0 Å². The molecule has 3 aromatic rings.